The second-order valence-electron chi connectivity index (χ2n) is 6.49. The Balaban J connectivity index is 1.46. The zero-order valence-electron chi connectivity index (χ0n) is 14.8. The molecule has 0 saturated heterocycles. The Morgan fingerprint density at radius 2 is 1.69 bits per heavy atom. The summed E-state index contributed by atoms with van der Waals surface area (Å²) in [5.74, 6) is 1.54. The van der Waals surface area contributed by atoms with Crippen molar-refractivity contribution in [3.8, 4) is 11.5 Å². The zero-order valence-corrected chi connectivity index (χ0v) is 14.8. The second-order valence-corrected chi connectivity index (χ2v) is 6.49. The summed E-state index contributed by atoms with van der Waals surface area (Å²) in [7, 11) is 1.68. The number of fused-ring (bicyclic) bond motifs is 1. The van der Waals surface area contributed by atoms with Crippen molar-refractivity contribution >= 4 is 5.69 Å². The minimum Gasteiger partial charge on any atom is -0.493 e. The molecule has 4 heteroatoms. The number of hydrogen-bond donors (Lipinski definition) is 1. The van der Waals surface area contributed by atoms with Crippen LogP contribution in [0.1, 0.15) is 16.7 Å². The Morgan fingerprint density at radius 3 is 2.38 bits per heavy atom. The zero-order chi connectivity index (χ0) is 17.8. The van der Waals surface area contributed by atoms with Crippen LogP contribution in [0, 0.1) is 0 Å². The summed E-state index contributed by atoms with van der Waals surface area (Å²) in [6.07, 6.45) is 5.63. The lowest BCUT2D eigenvalue weighted by molar-refractivity contribution is 0.204. The molecule has 1 aliphatic rings. The van der Waals surface area contributed by atoms with Crippen LogP contribution in [-0.2, 0) is 19.4 Å². The van der Waals surface area contributed by atoms with E-state index in [0.717, 1.165) is 36.6 Å². The van der Waals surface area contributed by atoms with Gasteiger partial charge in [-0.3, -0.25) is 4.98 Å². The topological polar surface area (TPSA) is 43.4 Å². The van der Waals surface area contributed by atoms with E-state index in [-0.39, 0.29) is 6.10 Å². The second kappa shape index (κ2) is 7.48. The molecule has 0 atom stereocenters. The van der Waals surface area contributed by atoms with Crippen molar-refractivity contribution in [1.29, 1.82) is 0 Å². The minimum atomic E-state index is 0.150. The SMILES string of the molecule is COc1ccc(NCc2ccncc2)cc1OC1Cc2ccccc2C1. The fraction of sp³-hybridized carbons (Fsp3) is 0.227. The van der Waals surface area contributed by atoms with Crippen LogP contribution < -0.4 is 14.8 Å². The van der Waals surface area contributed by atoms with E-state index in [1.54, 1.807) is 19.5 Å². The van der Waals surface area contributed by atoms with Gasteiger partial charge in [-0.2, -0.15) is 0 Å². The van der Waals surface area contributed by atoms with Crippen molar-refractivity contribution in [1.82, 2.24) is 4.98 Å². The molecule has 1 aliphatic carbocycles. The predicted molar refractivity (Wildman–Crippen MR) is 103 cm³/mol. The van der Waals surface area contributed by atoms with Gasteiger partial charge in [-0.1, -0.05) is 24.3 Å². The molecule has 0 bridgehead atoms. The summed E-state index contributed by atoms with van der Waals surface area (Å²) in [5.41, 5.74) is 4.95. The molecule has 3 aromatic rings. The van der Waals surface area contributed by atoms with Crippen LogP contribution in [0.2, 0.25) is 0 Å². The van der Waals surface area contributed by atoms with E-state index in [2.05, 4.69) is 34.6 Å². The highest BCUT2D eigenvalue weighted by atomic mass is 16.5. The van der Waals surface area contributed by atoms with E-state index in [0.29, 0.717) is 0 Å². The van der Waals surface area contributed by atoms with Gasteiger partial charge in [0.2, 0.25) is 0 Å². The lowest BCUT2D eigenvalue weighted by Gasteiger charge is -2.17. The first-order valence-corrected chi connectivity index (χ1v) is 8.86. The van der Waals surface area contributed by atoms with Gasteiger partial charge >= 0.3 is 0 Å². The molecule has 0 radical (unpaired) electrons. The van der Waals surface area contributed by atoms with E-state index in [1.807, 2.05) is 30.3 Å². The molecule has 2 aromatic carbocycles. The number of hydrogen-bond acceptors (Lipinski definition) is 4. The van der Waals surface area contributed by atoms with Gasteiger partial charge in [0.05, 0.1) is 7.11 Å². The number of nitrogens with zero attached hydrogens (tertiary/aromatic N) is 1. The van der Waals surface area contributed by atoms with Gasteiger partial charge < -0.3 is 14.8 Å². The fourth-order valence-corrected chi connectivity index (χ4v) is 3.36. The number of anilines is 1. The van der Waals surface area contributed by atoms with Gasteiger partial charge in [-0.25, -0.2) is 0 Å². The Bertz CT molecular complexity index is 855. The van der Waals surface area contributed by atoms with Gasteiger partial charge in [0.15, 0.2) is 11.5 Å². The molecule has 26 heavy (non-hydrogen) atoms. The average molecular weight is 346 g/mol. The Kier molecular flexibility index (Phi) is 4.73. The summed E-state index contributed by atoms with van der Waals surface area (Å²) >= 11 is 0. The van der Waals surface area contributed by atoms with E-state index in [1.165, 1.54) is 16.7 Å². The highest BCUT2D eigenvalue weighted by Gasteiger charge is 2.23. The number of aromatic nitrogens is 1. The number of pyridine rings is 1. The molecule has 1 N–H and O–H groups in total. The molecule has 0 aliphatic heterocycles. The van der Waals surface area contributed by atoms with Crippen LogP contribution in [0.25, 0.3) is 0 Å². The first-order chi connectivity index (χ1) is 12.8. The maximum Gasteiger partial charge on any atom is 0.163 e. The lowest BCUT2D eigenvalue weighted by atomic mass is 10.1. The molecule has 4 rings (SSSR count). The molecular formula is C22H22N2O2. The number of ether oxygens (including phenoxy) is 2. The predicted octanol–water partition coefficient (Wildman–Crippen LogP) is 4.25. The largest absolute Gasteiger partial charge is 0.493 e. The van der Waals surface area contributed by atoms with E-state index in [9.17, 15) is 0 Å². The van der Waals surface area contributed by atoms with E-state index < -0.39 is 0 Å². The molecule has 0 fully saturated rings. The van der Waals surface area contributed by atoms with Crippen LogP contribution in [0.4, 0.5) is 5.69 Å². The molecule has 1 heterocycles. The van der Waals surface area contributed by atoms with Crippen molar-refractivity contribution in [2.45, 2.75) is 25.5 Å². The third-order valence-corrected chi connectivity index (χ3v) is 4.72. The summed E-state index contributed by atoms with van der Waals surface area (Å²) < 4.78 is 11.8. The fourth-order valence-electron chi connectivity index (χ4n) is 3.36. The maximum atomic E-state index is 6.30. The molecule has 0 amide bonds. The van der Waals surface area contributed by atoms with Crippen molar-refractivity contribution in [2.24, 2.45) is 0 Å². The van der Waals surface area contributed by atoms with Gasteiger partial charge in [0.1, 0.15) is 6.10 Å². The normalized spacial score (nSPS) is 13.3. The smallest absolute Gasteiger partial charge is 0.163 e. The molecule has 132 valence electrons. The highest BCUT2D eigenvalue weighted by molar-refractivity contribution is 5.55. The summed E-state index contributed by atoms with van der Waals surface area (Å²) in [6.45, 7) is 0.739. The van der Waals surface area contributed by atoms with Crippen molar-refractivity contribution in [3.05, 3.63) is 83.7 Å². The van der Waals surface area contributed by atoms with Gasteiger partial charge in [0, 0.05) is 43.5 Å². The molecule has 1 aromatic heterocycles. The third-order valence-electron chi connectivity index (χ3n) is 4.72. The quantitative estimate of drug-likeness (QED) is 0.725. The molecule has 0 unspecified atom stereocenters. The lowest BCUT2D eigenvalue weighted by Crippen LogP contribution is -2.17. The number of nitrogens with one attached hydrogen (secondary N) is 1. The first-order valence-electron chi connectivity index (χ1n) is 8.86. The van der Waals surface area contributed by atoms with E-state index >= 15 is 0 Å². The van der Waals surface area contributed by atoms with Gasteiger partial charge in [-0.05, 0) is 41.0 Å². The summed E-state index contributed by atoms with van der Waals surface area (Å²) in [6, 6.07) is 18.5. The monoisotopic (exact) mass is 346 g/mol. The van der Waals surface area contributed by atoms with Crippen molar-refractivity contribution in [2.75, 3.05) is 12.4 Å². The Morgan fingerprint density at radius 1 is 0.962 bits per heavy atom. The number of methoxy groups -OCH3 is 1. The van der Waals surface area contributed by atoms with Crippen LogP contribution in [-0.4, -0.2) is 18.2 Å². The standard InChI is InChI=1S/C22H22N2O2/c1-25-21-7-6-19(24-15-16-8-10-23-11-9-16)14-22(21)26-20-12-17-4-2-3-5-18(17)13-20/h2-11,14,20,24H,12-13,15H2,1H3. The van der Waals surface area contributed by atoms with Crippen LogP contribution in [0.3, 0.4) is 0 Å². The maximum absolute atomic E-state index is 6.30. The Hall–Kier alpha value is -3.01. The summed E-state index contributed by atoms with van der Waals surface area (Å²) in [5, 5.41) is 3.43. The highest BCUT2D eigenvalue weighted by Crippen LogP contribution is 2.34. The summed E-state index contributed by atoms with van der Waals surface area (Å²) in [4.78, 5) is 4.05. The number of benzene rings is 2. The molecule has 4 nitrogen and oxygen atoms in total. The van der Waals surface area contributed by atoms with Crippen molar-refractivity contribution < 1.29 is 9.47 Å². The minimum absolute atomic E-state index is 0.150. The Labute approximate surface area is 153 Å². The molecule has 0 spiro atoms. The molecule has 0 saturated carbocycles. The van der Waals surface area contributed by atoms with E-state index in [4.69, 9.17) is 9.47 Å². The first kappa shape index (κ1) is 16.5. The molecular weight excluding hydrogens is 324 g/mol. The van der Waals surface area contributed by atoms with Gasteiger partial charge in [0.25, 0.3) is 0 Å². The van der Waals surface area contributed by atoms with Crippen LogP contribution in [0.15, 0.2) is 67.0 Å². The third kappa shape index (κ3) is 3.64. The average Bonchev–Trinajstić information content (AvgIpc) is 3.09. The van der Waals surface area contributed by atoms with Crippen LogP contribution in [0.5, 0.6) is 11.5 Å². The van der Waals surface area contributed by atoms with Crippen LogP contribution >= 0.6 is 0 Å². The van der Waals surface area contributed by atoms with Gasteiger partial charge in [-0.15, -0.1) is 0 Å². The van der Waals surface area contributed by atoms with Crippen molar-refractivity contribution in [3.63, 3.8) is 0 Å². The number of rotatable bonds is 6.